The van der Waals surface area contributed by atoms with Crippen molar-refractivity contribution in [1.82, 2.24) is 0 Å². The number of hydrogen-bond acceptors (Lipinski definition) is 2. The maximum Gasteiger partial charge on any atom is 0.0991 e. The van der Waals surface area contributed by atoms with Crippen molar-refractivity contribution in [2.24, 2.45) is 0 Å². The summed E-state index contributed by atoms with van der Waals surface area (Å²) in [5.74, 6) is 0. The predicted octanol–water partition coefficient (Wildman–Crippen LogP) is 13.7. The van der Waals surface area contributed by atoms with Gasteiger partial charge in [-0.15, -0.1) is 0 Å². The molecule has 9 aromatic rings. The van der Waals surface area contributed by atoms with Gasteiger partial charge in [-0.1, -0.05) is 176 Å². The summed E-state index contributed by atoms with van der Waals surface area (Å²) in [5, 5.41) is 14.5. The molecule has 1 heterocycles. The van der Waals surface area contributed by atoms with Crippen LogP contribution in [0.5, 0.6) is 0 Å². The molecule has 1 unspecified atom stereocenters. The third-order valence-corrected chi connectivity index (χ3v) is 12.8. The summed E-state index contributed by atoms with van der Waals surface area (Å²) in [6, 6.07) is 71.0. The van der Waals surface area contributed by atoms with E-state index in [9.17, 15) is 5.26 Å². The van der Waals surface area contributed by atoms with Gasteiger partial charge in [-0.2, -0.15) is 5.26 Å². The molecule has 1 spiro atoms. The van der Waals surface area contributed by atoms with Gasteiger partial charge in [0.15, 0.2) is 0 Å². The van der Waals surface area contributed by atoms with Gasteiger partial charge in [0.1, 0.15) is 0 Å². The van der Waals surface area contributed by atoms with Gasteiger partial charge in [0.05, 0.1) is 17.0 Å². The zero-order chi connectivity index (χ0) is 35.8. The molecule has 9 aromatic carbocycles. The fraction of sp³-hybridized carbons (Fsp3) is 0.0192. The molecule has 1 nitrogen and oxygen atoms in total. The van der Waals surface area contributed by atoms with Crippen LogP contribution in [0.25, 0.3) is 66.1 Å². The van der Waals surface area contributed by atoms with Crippen LogP contribution in [-0.2, 0) is 5.41 Å². The minimum Gasteiger partial charge on any atom is -0.192 e. The Labute approximate surface area is 318 Å². The molecule has 250 valence electrons. The average Bonchev–Trinajstić information content (AvgIpc) is 3.53. The van der Waals surface area contributed by atoms with Crippen LogP contribution in [0.4, 0.5) is 0 Å². The van der Waals surface area contributed by atoms with Gasteiger partial charge >= 0.3 is 0 Å². The van der Waals surface area contributed by atoms with Gasteiger partial charge in [0.2, 0.25) is 0 Å². The topological polar surface area (TPSA) is 23.8 Å². The Bertz CT molecular complexity index is 2970. The highest BCUT2D eigenvalue weighted by atomic mass is 32.2. The van der Waals surface area contributed by atoms with E-state index in [4.69, 9.17) is 0 Å². The van der Waals surface area contributed by atoms with E-state index in [0.717, 1.165) is 11.1 Å². The fourth-order valence-electron chi connectivity index (χ4n) is 9.37. The summed E-state index contributed by atoms with van der Waals surface area (Å²) in [6.07, 6.45) is 0. The molecule has 1 aliphatic heterocycles. The zero-order valence-corrected chi connectivity index (χ0v) is 30.1. The second-order valence-corrected chi connectivity index (χ2v) is 15.3. The lowest BCUT2D eigenvalue weighted by Gasteiger charge is -2.40. The van der Waals surface area contributed by atoms with E-state index in [2.05, 4.69) is 182 Å². The number of nitrogens with zero attached hydrogens (tertiary/aromatic N) is 1. The molecule has 0 bridgehead atoms. The van der Waals surface area contributed by atoms with Gasteiger partial charge in [-0.3, -0.25) is 0 Å². The van der Waals surface area contributed by atoms with E-state index in [1.54, 1.807) is 0 Å². The Balaban J connectivity index is 1.25. The van der Waals surface area contributed by atoms with Crippen LogP contribution >= 0.6 is 11.8 Å². The number of hydrogen-bond donors (Lipinski definition) is 0. The van der Waals surface area contributed by atoms with Crippen LogP contribution in [0.3, 0.4) is 0 Å². The van der Waals surface area contributed by atoms with E-state index < -0.39 is 5.41 Å². The van der Waals surface area contributed by atoms with Crippen molar-refractivity contribution in [3.8, 4) is 50.6 Å². The van der Waals surface area contributed by atoms with Crippen LogP contribution in [0, 0.1) is 11.3 Å². The second-order valence-electron chi connectivity index (χ2n) is 14.2. The third-order valence-electron chi connectivity index (χ3n) is 11.6. The molecular formula is C52H31NS. The predicted molar refractivity (Wildman–Crippen MR) is 224 cm³/mol. The Morgan fingerprint density at radius 2 is 0.944 bits per heavy atom. The number of fused-ring (bicyclic) bond motifs is 11. The van der Waals surface area contributed by atoms with Crippen LogP contribution in [-0.4, -0.2) is 0 Å². The van der Waals surface area contributed by atoms with Gasteiger partial charge in [-0.05, 0) is 113 Å². The van der Waals surface area contributed by atoms with Gasteiger partial charge in [0.25, 0.3) is 0 Å². The molecule has 0 saturated carbocycles. The SMILES string of the molecule is N#Cc1ccc(-c2ccc3c(c2)C2(c4ccccc4Sc4c(-c5c6ccccc6c(-c6ccccc6)c6ccccc56)cccc42)c2ccccc2-3)cc1. The monoisotopic (exact) mass is 701 g/mol. The summed E-state index contributed by atoms with van der Waals surface area (Å²) < 4.78 is 0. The standard InChI is InChI=1S/C52H31NS/c53-32-33-25-27-34(28-26-33)36-29-30-38-37-15-8-9-21-44(37)52(47(38)31-36)45-22-10-11-24-48(45)54-51-43(20-12-23-46(51)52)50-41-18-6-4-16-39(41)49(35-13-2-1-3-14-35)40-17-5-7-19-42(40)50/h1-31H. The maximum absolute atomic E-state index is 9.51. The van der Waals surface area contributed by atoms with Crippen molar-refractivity contribution in [1.29, 1.82) is 5.26 Å². The first-order valence-corrected chi connectivity index (χ1v) is 19.2. The van der Waals surface area contributed by atoms with Crippen molar-refractivity contribution in [3.63, 3.8) is 0 Å². The molecule has 54 heavy (non-hydrogen) atoms. The summed E-state index contributed by atoms with van der Waals surface area (Å²) in [7, 11) is 0. The normalized spacial score (nSPS) is 15.0. The molecule has 2 heteroatoms. The molecule has 0 N–H and O–H groups in total. The number of benzene rings is 9. The highest BCUT2D eigenvalue weighted by Crippen LogP contribution is 2.64. The highest BCUT2D eigenvalue weighted by molar-refractivity contribution is 7.99. The van der Waals surface area contributed by atoms with E-state index in [0.29, 0.717) is 5.56 Å². The van der Waals surface area contributed by atoms with Gasteiger partial charge in [-0.25, -0.2) is 0 Å². The summed E-state index contributed by atoms with van der Waals surface area (Å²) in [4.78, 5) is 2.57. The molecule has 2 aliphatic rings. The minimum absolute atomic E-state index is 0.530. The van der Waals surface area contributed by atoms with Crippen LogP contribution in [0.15, 0.2) is 198 Å². The average molecular weight is 702 g/mol. The summed E-state index contributed by atoms with van der Waals surface area (Å²) in [6.45, 7) is 0. The van der Waals surface area contributed by atoms with Crippen molar-refractivity contribution in [2.75, 3.05) is 0 Å². The number of rotatable bonds is 3. The maximum atomic E-state index is 9.51. The molecule has 0 amide bonds. The van der Waals surface area contributed by atoms with Crippen molar-refractivity contribution < 1.29 is 0 Å². The largest absolute Gasteiger partial charge is 0.192 e. The zero-order valence-electron chi connectivity index (χ0n) is 29.3. The smallest absolute Gasteiger partial charge is 0.0991 e. The first-order valence-electron chi connectivity index (χ1n) is 18.4. The molecule has 11 rings (SSSR count). The molecule has 0 fully saturated rings. The molecule has 0 saturated heterocycles. The quantitative estimate of drug-likeness (QED) is 0.171. The summed E-state index contributed by atoms with van der Waals surface area (Å²) in [5.41, 5.74) is 15.2. The van der Waals surface area contributed by atoms with E-state index in [1.807, 2.05) is 23.9 Å². The Morgan fingerprint density at radius 1 is 0.389 bits per heavy atom. The lowest BCUT2D eigenvalue weighted by atomic mass is 9.66. The second kappa shape index (κ2) is 11.9. The van der Waals surface area contributed by atoms with E-state index in [1.165, 1.54) is 87.0 Å². The Kier molecular flexibility index (Phi) is 6.83. The highest BCUT2D eigenvalue weighted by Gasteiger charge is 2.50. The molecular weight excluding hydrogens is 671 g/mol. The van der Waals surface area contributed by atoms with Crippen molar-refractivity contribution in [3.05, 3.63) is 216 Å². The summed E-state index contributed by atoms with van der Waals surface area (Å²) >= 11 is 1.91. The first kappa shape index (κ1) is 30.9. The van der Waals surface area contributed by atoms with Crippen LogP contribution in [0.2, 0.25) is 0 Å². The Morgan fingerprint density at radius 3 is 1.67 bits per heavy atom. The van der Waals surface area contributed by atoms with E-state index >= 15 is 0 Å². The van der Waals surface area contributed by atoms with Crippen LogP contribution in [0.1, 0.15) is 27.8 Å². The molecule has 1 aliphatic carbocycles. The van der Waals surface area contributed by atoms with Crippen molar-refractivity contribution >= 4 is 33.3 Å². The van der Waals surface area contributed by atoms with Gasteiger partial charge < -0.3 is 0 Å². The van der Waals surface area contributed by atoms with Gasteiger partial charge in [0, 0.05) is 9.79 Å². The number of nitriles is 1. The third kappa shape index (κ3) is 4.28. The fourth-order valence-corrected chi connectivity index (χ4v) is 10.7. The van der Waals surface area contributed by atoms with Crippen molar-refractivity contribution in [2.45, 2.75) is 15.2 Å². The molecule has 0 aromatic heterocycles. The van der Waals surface area contributed by atoms with E-state index in [-0.39, 0.29) is 0 Å². The lowest BCUT2D eigenvalue weighted by Crippen LogP contribution is -2.32. The molecule has 0 radical (unpaired) electrons. The minimum atomic E-state index is -0.530. The first-order chi connectivity index (χ1) is 26.8. The molecule has 1 atom stereocenters. The Hall–Kier alpha value is -6.66. The van der Waals surface area contributed by atoms with Crippen LogP contribution < -0.4 is 0 Å². The lowest BCUT2D eigenvalue weighted by molar-refractivity contribution is 0.723.